The van der Waals surface area contributed by atoms with Crippen LogP contribution in [0.4, 0.5) is 4.79 Å². The zero-order valence-corrected chi connectivity index (χ0v) is 27.8. The van der Waals surface area contributed by atoms with Gasteiger partial charge in [0.2, 0.25) is 0 Å². The van der Waals surface area contributed by atoms with Gasteiger partial charge in [-0.2, -0.15) is 0 Å². The number of likely N-dealkylation sites (tertiary alicyclic amines) is 1. The number of ether oxygens (including phenoxy) is 3. The lowest BCUT2D eigenvalue weighted by Crippen LogP contribution is -2.74. The van der Waals surface area contributed by atoms with Gasteiger partial charge in [0, 0.05) is 5.56 Å². The average Bonchev–Trinajstić information content (AvgIpc) is 3.24. The van der Waals surface area contributed by atoms with Crippen LogP contribution in [-0.2, 0) is 36.4 Å². The van der Waals surface area contributed by atoms with E-state index in [9.17, 15) is 15.0 Å². The summed E-state index contributed by atoms with van der Waals surface area (Å²) in [5, 5.41) is 23.6. The van der Waals surface area contributed by atoms with E-state index in [0.29, 0.717) is 5.56 Å². The molecule has 232 valence electrons. The Morgan fingerprint density at radius 3 is 2.10 bits per heavy atom. The second-order valence-electron chi connectivity index (χ2n) is 14.6. The van der Waals surface area contributed by atoms with E-state index in [-0.39, 0.29) is 17.1 Å². The number of hydrogen-bond acceptors (Lipinski definition) is 7. The monoisotopic (exact) mass is 599 g/mol. The summed E-state index contributed by atoms with van der Waals surface area (Å²) in [6.07, 6.45) is -3.34. The SMILES string of the molecule is CC1(C)O[C@H]2[C@H](O[Si](C)(C)C(C)(C)C)[C@@H](CO)N(C(=O)OCc3ccccc3)C(O)(c3ccc(C(C)(C)C)cc3)[C@H]2O1. The topological polar surface area (TPSA) is 97.7 Å². The van der Waals surface area contributed by atoms with Crippen molar-refractivity contribution in [3.8, 4) is 0 Å². The van der Waals surface area contributed by atoms with Gasteiger partial charge in [0.25, 0.3) is 0 Å². The molecule has 2 heterocycles. The van der Waals surface area contributed by atoms with Crippen LogP contribution in [-0.4, -0.2) is 66.3 Å². The molecule has 9 heteroatoms. The van der Waals surface area contributed by atoms with Gasteiger partial charge in [0.05, 0.1) is 18.8 Å². The molecule has 0 radical (unpaired) electrons. The number of rotatable bonds is 6. The van der Waals surface area contributed by atoms with E-state index in [1.54, 1.807) is 13.8 Å². The highest BCUT2D eigenvalue weighted by atomic mass is 28.4. The highest BCUT2D eigenvalue weighted by Gasteiger charge is 2.67. The number of aliphatic hydroxyl groups excluding tert-OH is 1. The molecule has 2 aliphatic rings. The van der Waals surface area contributed by atoms with Crippen LogP contribution in [0.15, 0.2) is 54.6 Å². The van der Waals surface area contributed by atoms with Crippen LogP contribution in [0, 0.1) is 0 Å². The van der Waals surface area contributed by atoms with Crippen molar-refractivity contribution in [2.45, 2.75) is 121 Å². The predicted molar refractivity (Wildman–Crippen MR) is 164 cm³/mol. The molecular weight excluding hydrogens is 550 g/mol. The minimum Gasteiger partial charge on any atom is -0.444 e. The molecule has 0 bridgehead atoms. The standard InChI is InChI=1S/C33H49NO7Si/c1-30(2,3)23-16-18-24(19-17-23)33(37)28-27(39-32(7,8)40-28)26(41-42(9,10)31(4,5)6)25(20-35)34(33)29(36)38-21-22-14-12-11-13-15-22/h11-19,25-28,35,37H,20-21H2,1-10H3/t25-,26-,27+,28+,33?/m1/s1. The van der Waals surface area contributed by atoms with Crippen molar-refractivity contribution < 1.29 is 33.6 Å². The van der Waals surface area contributed by atoms with E-state index in [2.05, 4.69) is 54.6 Å². The molecule has 2 aliphatic heterocycles. The van der Waals surface area contributed by atoms with E-state index in [4.69, 9.17) is 18.6 Å². The summed E-state index contributed by atoms with van der Waals surface area (Å²) in [7, 11) is -2.45. The van der Waals surface area contributed by atoms with Gasteiger partial charge >= 0.3 is 6.09 Å². The third kappa shape index (κ3) is 6.18. The van der Waals surface area contributed by atoms with Crippen molar-refractivity contribution in [1.29, 1.82) is 0 Å². The molecule has 2 N–H and O–H groups in total. The number of fused-ring (bicyclic) bond motifs is 1. The molecule has 0 aromatic heterocycles. The molecule has 8 nitrogen and oxygen atoms in total. The highest BCUT2D eigenvalue weighted by molar-refractivity contribution is 6.74. The number of amides is 1. The van der Waals surface area contributed by atoms with Crippen molar-refractivity contribution >= 4 is 14.4 Å². The molecule has 42 heavy (non-hydrogen) atoms. The molecule has 2 saturated heterocycles. The Kier molecular flexibility index (Phi) is 8.81. The summed E-state index contributed by atoms with van der Waals surface area (Å²) in [6.45, 7) is 20.0. The van der Waals surface area contributed by atoms with Crippen LogP contribution in [0.2, 0.25) is 18.1 Å². The van der Waals surface area contributed by atoms with Crippen LogP contribution in [0.5, 0.6) is 0 Å². The van der Waals surface area contributed by atoms with Crippen molar-refractivity contribution in [2.24, 2.45) is 0 Å². The lowest BCUT2D eigenvalue weighted by atomic mass is 9.80. The molecule has 1 unspecified atom stereocenters. The van der Waals surface area contributed by atoms with Gasteiger partial charge in [0.1, 0.15) is 18.8 Å². The van der Waals surface area contributed by atoms with Gasteiger partial charge in [-0.25, -0.2) is 4.79 Å². The smallest absolute Gasteiger partial charge is 0.413 e. The number of hydrogen-bond donors (Lipinski definition) is 2. The van der Waals surface area contributed by atoms with Gasteiger partial charge in [-0.05, 0) is 48.5 Å². The van der Waals surface area contributed by atoms with Crippen LogP contribution in [0.1, 0.15) is 72.1 Å². The van der Waals surface area contributed by atoms with Crippen LogP contribution < -0.4 is 0 Å². The molecular formula is C33H49NO7Si. The average molecular weight is 600 g/mol. The summed E-state index contributed by atoms with van der Waals surface area (Å²) in [6, 6.07) is 15.9. The summed E-state index contributed by atoms with van der Waals surface area (Å²) in [5.74, 6) is -1.08. The minimum atomic E-state index is -2.45. The normalized spacial score (nSPS) is 28.0. The Labute approximate surface area is 252 Å². The molecule has 2 aromatic rings. The Morgan fingerprint density at radius 1 is 0.976 bits per heavy atom. The summed E-state index contributed by atoms with van der Waals surface area (Å²) >= 11 is 0. The van der Waals surface area contributed by atoms with E-state index in [1.807, 2.05) is 54.6 Å². The van der Waals surface area contributed by atoms with Crippen LogP contribution in [0.25, 0.3) is 0 Å². The zero-order chi connectivity index (χ0) is 31.3. The predicted octanol–water partition coefficient (Wildman–Crippen LogP) is 6.05. The Bertz CT molecular complexity index is 1240. The number of carbonyl (C=O) groups is 1. The maximum Gasteiger partial charge on any atom is 0.413 e. The number of piperidine rings is 1. The van der Waals surface area contributed by atoms with Gasteiger partial charge in [0.15, 0.2) is 19.8 Å². The van der Waals surface area contributed by atoms with E-state index < -0.39 is 56.9 Å². The fourth-order valence-corrected chi connectivity index (χ4v) is 6.85. The zero-order valence-electron chi connectivity index (χ0n) is 26.8. The maximum atomic E-state index is 14.1. The fraction of sp³-hybridized carbons (Fsp3) is 0.606. The van der Waals surface area contributed by atoms with Gasteiger partial charge in [-0.1, -0.05) is 96.1 Å². The minimum absolute atomic E-state index is 0.00192. The van der Waals surface area contributed by atoms with E-state index in [1.165, 1.54) is 4.90 Å². The Morgan fingerprint density at radius 2 is 1.57 bits per heavy atom. The van der Waals surface area contributed by atoms with Gasteiger partial charge in [-0.3, -0.25) is 4.90 Å². The largest absolute Gasteiger partial charge is 0.444 e. The quantitative estimate of drug-likeness (QED) is 0.390. The fourth-order valence-electron chi connectivity index (χ4n) is 5.53. The van der Waals surface area contributed by atoms with Crippen molar-refractivity contribution in [3.63, 3.8) is 0 Å². The Balaban J connectivity index is 1.86. The molecule has 0 spiro atoms. The first-order chi connectivity index (χ1) is 19.3. The first-order valence-corrected chi connectivity index (χ1v) is 17.7. The van der Waals surface area contributed by atoms with Crippen molar-refractivity contribution in [3.05, 3.63) is 71.3 Å². The Hall–Kier alpha value is -2.27. The first kappa shape index (κ1) is 32.6. The summed E-state index contributed by atoms with van der Waals surface area (Å²) < 4.78 is 25.6. The maximum absolute atomic E-state index is 14.1. The van der Waals surface area contributed by atoms with E-state index in [0.717, 1.165) is 11.1 Å². The number of benzene rings is 2. The van der Waals surface area contributed by atoms with E-state index >= 15 is 0 Å². The van der Waals surface area contributed by atoms with Gasteiger partial charge < -0.3 is 28.8 Å². The molecule has 4 rings (SSSR count). The third-order valence-corrected chi connectivity index (χ3v) is 13.4. The van der Waals surface area contributed by atoms with Gasteiger partial charge in [-0.15, -0.1) is 0 Å². The first-order valence-electron chi connectivity index (χ1n) is 14.8. The molecule has 0 aliphatic carbocycles. The highest BCUT2D eigenvalue weighted by Crippen LogP contribution is 2.50. The van der Waals surface area contributed by atoms with Crippen LogP contribution in [0.3, 0.4) is 0 Å². The van der Waals surface area contributed by atoms with Crippen LogP contribution >= 0.6 is 0 Å². The third-order valence-electron chi connectivity index (χ3n) is 8.93. The second kappa shape index (κ2) is 11.3. The molecule has 5 atom stereocenters. The lowest BCUT2D eigenvalue weighted by Gasteiger charge is -2.55. The second-order valence-corrected chi connectivity index (χ2v) is 19.3. The summed E-state index contributed by atoms with van der Waals surface area (Å²) in [4.78, 5) is 15.3. The molecule has 2 aromatic carbocycles. The molecule has 2 fully saturated rings. The van der Waals surface area contributed by atoms with Crippen molar-refractivity contribution in [1.82, 2.24) is 4.90 Å². The lowest BCUT2D eigenvalue weighted by molar-refractivity contribution is -0.248. The molecule has 1 amide bonds. The number of nitrogens with zero attached hydrogens (tertiary/aromatic N) is 1. The number of aliphatic hydroxyl groups is 2. The molecule has 0 saturated carbocycles. The van der Waals surface area contributed by atoms with Crippen molar-refractivity contribution in [2.75, 3.05) is 6.61 Å². The number of carbonyl (C=O) groups excluding carboxylic acids is 1. The summed E-state index contributed by atoms with van der Waals surface area (Å²) in [5.41, 5.74) is 0.170.